The zero-order chi connectivity index (χ0) is 32.2. The lowest BCUT2D eigenvalue weighted by Gasteiger charge is -2.22. The monoisotopic (exact) mass is 612 g/mol. The molecule has 0 spiro atoms. The molecule has 3 aromatic rings. The van der Waals surface area contributed by atoms with Crippen LogP contribution < -0.4 is 9.62 Å². The molecule has 0 amide bonds. The van der Waals surface area contributed by atoms with Crippen LogP contribution >= 0.6 is 0 Å². The van der Waals surface area contributed by atoms with E-state index in [1.165, 1.54) is 11.6 Å². The van der Waals surface area contributed by atoms with Gasteiger partial charge in [-0.3, -0.25) is 9.40 Å². The number of carboxylic acids is 2. The fourth-order valence-electron chi connectivity index (χ4n) is 4.33. The van der Waals surface area contributed by atoms with Gasteiger partial charge in [0, 0.05) is 32.0 Å². The Morgan fingerprint density at radius 3 is 2.07 bits per heavy atom. The highest BCUT2D eigenvalue weighted by molar-refractivity contribution is 7.92. The van der Waals surface area contributed by atoms with E-state index in [2.05, 4.69) is 9.82 Å². The van der Waals surface area contributed by atoms with Crippen molar-refractivity contribution in [2.24, 2.45) is 7.05 Å². The van der Waals surface area contributed by atoms with Gasteiger partial charge in [0.15, 0.2) is 0 Å². The maximum atomic E-state index is 13.0. The van der Waals surface area contributed by atoms with E-state index in [4.69, 9.17) is 9.90 Å². The van der Waals surface area contributed by atoms with E-state index in [1.807, 2.05) is 57.4 Å². The molecule has 0 aliphatic rings. The predicted molar refractivity (Wildman–Crippen MR) is 153 cm³/mol. The van der Waals surface area contributed by atoms with Crippen molar-refractivity contribution in [2.45, 2.75) is 58.5 Å². The van der Waals surface area contributed by atoms with E-state index >= 15 is 0 Å². The van der Waals surface area contributed by atoms with Crippen molar-refractivity contribution < 1.29 is 41.4 Å². The molecular weight excluding hydrogens is 577 g/mol. The number of hydrogen-bond acceptors (Lipinski definition) is 6. The van der Waals surface area contributed by atoms with Gasteiger partial charge in [0.2, 0.25) is 0 Å². The minimum atomic E-state index is -5.08. The molecule has 2 aromatic carbocycles. The Bertz CT molecular complexity index is 1580. The lowest BCUT2D eigenvalue weighted by atomic mass is 10.1. The summed E-state index contributed by atoms with van der Waals surface area (Å²) in [6.45, 7) is 10.2. The van der Waals surface area contributed by atoms with Crippen LogP contribution in [0.5, 0.6) is 0 Å². The van der Waals surface area contributed by atoms with Crippen LogP contribution in [0.3, 0.4) is 0 Å². The third-order valence-electron chi connectivity index (χ3n) is 6.79. The fourth-order valence-corrected chi connectivity index (χ4v) is 5.69. The summed E-state index contributed by atoms with van der Waals surface area (Å²) in [5.41, 5.74) is 6.65. The summed E-state index contributed by atoms with van der Waals surface area (Å²) in [7, 11) is -0.109. The van der Waals surface area contributed by atoms with E-state index in [9.17, 15) is 31.5 Å². The van der Waals surface area contributed by atoms with Crippen molar-refractivity contribution in [3.8, 4) is 0 Å². The quantitative estimate of drug-likeness (QED) is 0.301. The number of carbonyl (C=O) groups is 2. The number of hydrogen-bond donors (Lipinski definition) is 3. The molecular formula is C28H35F3N4O6S. The Balaban J connectivity index is 0.000000782. The first kappa shape index (κ1) is 34.1. The summed E-state index contributed by atoms with van der Waals surface area (Å²) in [6, 6.07) is 8.09. The van der Waals surface area contributed by atoms with Crippen LogP contribution in [0.25, 0.3) is 0 Å². The molecule has 42 heavy (non-hydrogen) atoms. The minimum Gasteiger partial charge on any atom is -0.478 e. The number of aryl methyl sites for hydroxylation is 5. The second-order valence-electron chi connectivity index (χ2n) is 9.95. The number of aromatic nitrogens is 2. The van der Waals surface area contributed by atoms with Crippen LogP contribution in [-0.2, 0) is 28.3 Å². The van der Waals surface area contributed by atoms with Gasteiger partial charge in [-0.15, -0.1) is 0 Å². The summed E-state index contributed by atoms with van der Waals surface area (Å²) in [4.78, 5) is 23.0. The fraction of sp³-hybridized carbons (Fsp3) is 0.393. The molecule has 3 N–H and O–H groups in total. The van der Waals surface area contributed by atoms with Crippen LogP contribution in [0.4, 0.5) is 24.5 Å². The van der Waals surface area contributed by atoms with E-state index in [1.54, 1.807) is 25.1 Å². The molecule has 0 radical (unpaired) electrons. The molecule has 0 saturated heterocycles. The Morgan fingerprint density at radius 1 is 1.00 bits per heavy atom. The maximum Gasteiger partial charge on any atom is 0.490 e. The van der Waals surface area contributed by atoms with Crippen molar-refractivity contribution in [3.63, 3.8) is 0 Å². The molecule has 0 unspecified atom stereocenters. The van der Waals surface area contributed by atoms with Gasteiger partial charge in [0.25, 0.3) is 10.0 Å². The Labute approximate surface area is 242 Å². The molecule has 1 heterocycles. The number of nitrogens with one attached hydrogen (secondary N) is 1. The van der Waals surface area contributed by atoms with Crippen molar-refractivity contribution in [3.05, 3.63) is 69.5 Å². The summed E-state index contributed by atoms with van der Waals surface area (Å²) in [5.74, 6) is -3.87. The highest BCUT2D eigenvalue weighted by Crippen LogP contribution is 2.28. The molecule has 1 aromatic heterocycles. The van der Waals surface area contributed by atoms with Crippen LogP contribution in [0.15, 0.2) is 35.2 Å². The van der Waals surface area contributed by atoms with Gasteiger partial charge in [-0.05, 0) is 94.0 Å². The number of carboxylic acid groups (broad SMARTS) is 2. The number of sulfonamides is 1. The van der Waals surface area contributed by atoms with Gasteiger partial charge < -0.3 is 15.1 Å². The molecule has 10 nitrogen and oxygen atoms in total. The maximum absolute atomic E-state index is 13.0. The highest BCUT2D eigenvalue weighted by Gasteiger charge is 2.38. The summed E-state index contributed by atoms with van der Waals surface area (Å²) < 4.78 is 62.2. The Kier molecular flexibility index (Phi) is 10.8. The molecule has 0 aliphatic carbocycles. The topological polar surface area (TPSA) is 142 Å². The standard InChI is InChI=1S/C26H34N4O4S.C2HF3O2/c1-16-13-18(3)25(14-17(16)2)35(33,34)28-21-10-11-24(23(15-21)26(31)32)29(6)12-8-9-22-19(4)27-30(7)20(22)5;3-2(4,5)1(6)7/h10-11,13-15,28H,8-9,12H2,1-7H3,(H,31,32);(H,6,7). The van der Waals surface area contributed by atoms with Gasteiger partial charge in [-0.1, -0.05) is 6.07 Å². The molecule has 0 bridgehead atoms. The van der Waals surface area contributed by atoms with E-state index in [0.717, 1.165) is 35.4 Å². The molecule has 0 aliphatic heterocycles. The predicted octanol–water partition coefficient (Wildman–Crippen LogP) is 5.16. The van der Waals surface area contributed by atoms with Crippen molar-refractivity contribution >= 4 is 33.3 Å². The van der Waals surface area contributed by atoms with E-state index in [-0.39, 0.29) is 16.1 Å². The van der Waals surface area contributed by atoms with Crippen LogP contribution in [0, 0.1) is 34.6 Å². The SMILES string of the molecule is Cc1cc(C)c(S(=O)(=O)Nc2ccc(N(C)CCCc3c(C)nn(C)c3C)c(C(=O)O)c2)cc1C.O=C(O)C(F)(F)F. The van der Waals surface area contributed by atoms with Gasteiger partial charge in [0.05, 0.1) is 21.8 Å². The summed E-state index contributed by atoms with van der Waals surface area (Å²) in [6.07, 6.45) is -3.42. The van der Waals surface area contributed by atoms with Crippen molar-refractivity contribution in [2.75, 3.05) is 23.2 Å². The second kappa shape index (κ2) is 13.3. The van der Waals surface area contributed by atoms with Gasteiger partial charge in [0.1, 0.15) is 0 Å². The number of nitrogens with zero attached hydrogens (tertiary/aromatic N) is 3. The largest absolute Gasteiger partial charge is 0.490 e. The third kappa shape index (κ3) is 8.47. The lowest BCUT2D eigenvalue weighted by Crippen LogP contribution is -2.22. The number of anilines is 2. The third-order valence-corrected chi connectivity index (χ3v) is 8.32. The normalized spacial score (nSPS) is 11.5. The average Bonchev–Trinajstić information content (AvgIpc) is 3.11. The number of rotatable bonds is 9. The minimum absolute atomic E-state index is 0.0400. The Hall–Kier alpha value is -4.07. The van der Waals surface area contributed by atoms with E-state index in [0.29, 0.717) is 17.8 Å². The number of alkyl halides is 3. The second-order valence-corrected chi connectivity index (χ2v) is 11.6. The number of aromatic carboxylic acids is 1. The van der Waals surface area contributed by atoms with Crippen molar-refractivity contribution in [1.82, 2.24) is 9.78 Å². The molecule has 0 saturated carbocycles. The van der Waals surface area contributed by atoms with Gasteiger partial charge >= 0.3 is 18.1 Å². The molecule has 3 rings (SSSR count). The van der Waals surface area contributed by atoms with Crippen LogP contribution in [0.1, 0.15) is 50.4 Å². The first-order valence-electron chi connectivity index (χ1n) is 12.7. The number of benzene rings is 2. The summed E-state index contributed by atoms with van der Waals surface area (Å²) in [5, 5.41) is 21.4. The van der Waals surface area contributed by atoms with Crippen LogP contribution in [-0.4, -0.2) is 60.1 Å². The molecule has 0 fully saturated rings. The van der Waals surface area contributed by atoms with Crippen molar-refractivity contribution in [1.29, 1.82) is 0 Å². The zero-order valence-corrected chi connectivity index (χ0v) is 25.2. The highest BCUT2D eigenvalue weighted by atomic mass is 32.2. The lowest BCUT2D eigenvalue weighted by molar-refractivity contribution is -0.192. The first-order chi connectivity index (χ1) is 19.3. The molecule has 0 atom stereocenters. The Morgan fingerprint density at radius 2 is 1.57 bits per heavy atom. The number of aliphatic carboxylic acids is 1. The smallest absolute Gasteiger partial charge is 0.478 e. The van der Waals surface area contributed by atoms with Gasteiger partial charge in [-0.25, -0.2) is 18.0 Å². The number of halogens is 3. The molecule has 230 valence electrons. The average molecular weight is 613 g/mol. The van der Waals surface area contributed by atoms with E-state index < -0.39 is 28.1 Å². The molecule has 14 heteroatoms. The first-order valence-corrected chi connectivity index (χ1v) is 14.2. The van der Waals surface area contributed by atoms with Crippen LogP contribution in [0.2, 0.25) is 0 Å². The zero-order valence-electron chi connectivity index (χ0n) is 24.4. The van der Waals surface area contributed by atoms with Gasteiger partial charge in [-0.2, -0.15) is 18.3 Å². The summed E-state index contributed by atoms with van der Waals surface area (Å²) >= 11 is 0.